The first-order chi connectivity index (χ1) is 15.1. The molecule has 31 heavy (non-hydrogen) atoms. The molecule has 1 heterocycles. The summed E-state index contributed by atoms with van der Waals surface area (Å²) in [6.45, 7) is 3.16. The van der Waals surface area contributed by atoms with Gasteiger partial charge in [0.25, 0.3) is 5.91 Å². The van der Waals surface area contributed by atoms with Crippen LogP contribution in [-0.4, -0.2) is 47.6 Å². The highest BCUT2D eigenvalue weighted by atomic mass is 16.5. The SMILES string of the molecule is Cc1ccccc1OCCNC(=O)C1CCCN1C(=O)c1ccc2ccccc2c1O. The van der Waals surface area contributed by atoms with Gasteiger partial charge in [0, 0.05) is 11.9 Å². The number of aryl methyl sites for hydroxylation is 1. The van der Waals surface area contributed by atoms with Gasteiger partial charge in [0.2, 0.25) is 5.91 Å². The van der Waals surface area contributed by atoms with Crippen LogP contribution in [0.15, 0.2) is 60.7 Å². The van der Waals surface area contributed by atoms with Crippen LogP contribution in [0.3, 0.4) is 0 Å². The molecule has 3 aromatic carbocycles. The minimum absolute atomic E-state index is 0.0409. The number of hydrogen-bond acceptors (Lipinski definition) is 4. The van der Waals surface area contributed by atoms with Crippen LogP contribution in [0, 0.1) is 6.92 Å². The number of nitrogens with one attached hydrogen (secondary N) is 1. The maximum absolute atomic E-state index is 13.1. The number of likely N-dealkylation sites (tertiary alicyclic amines) is 1. The van der Waals surface area contributed by atoms with E-state index in [0.29, 0.717) is 31.5 Å². The molecule has 1 aliphatic heterocycles. The standard InChI is InChI=1S/C25H26N2O4/c1-17-7-2-5-11-22(17)31-16-14-26-24(29)21-10-6-15-27(21)25(30)20-13-12-18-8-3-4-9-19(18)23(20)28/h2-5,7-9,11-13,21,28H,6,10,14-16H2,1H3,(H,26,29). The molecule has 0 aromatic heterocycles. The van der Waals surface area contributed by atoms with Crippen LogP contribution >= 0.6 is 0 Å². The van der Waals surface area contributed by atoms with E-state index in [1.54, 1.807) is 17.0 Å². The van der Waals surface area contributed by atoms with E-state index in [1.165, 1.54) is 0 Å². The monoisotopic (exact) mass is 418 g/mol. The lowest BCUT2D eigenvalue weighted by Crippen LogP contribution is -2.46. The minimum Gasteiger partial charge on any atom is -0.506 e. The van der Waals surface area contributed by atoms with Gasteiger partial charge in [-0.1, -0.05) is 48.5 Å². The zero-order valence-electron chi connectivity index (χ0n) is 17.5. The summed E-state index contributed by atoms with van der Waals surface area (Å²) in [6.07, 6.45) is 1.35. The third kappa shape index (κ3) is 4.33. The Bertz CT molecular complexity index is 1110. The second kappa shape index (κ2) is 9.08. The average molecular weight is 418 g/mol. The summed E-state index contributed by atoms with van der Waals surface area (Å²) >= 11 is 0. The number of para-hydroxylation sites is 1. The molecule has 6 heteroatoms. The molecule has 0 aliphatic carbocycles. The van der Waals surface area contributed by atoms with Crippen LogP contribution in [0.4, 0.5) is 0 Å². The van der Waals surface area contributed by atoms with Crippen LogP contribution in [0.25, 0.3) is 10.8 Å². The van der Waals surface area contributed by atoms with Crippen molar-refractivity contribution < 1.29 is 19.4 Å². The molecule has 0 spiro atoms. The van der Waals surface area contributed by atoms with Crippen LogP contribution in [0.5, 0.6) is 11.5 Å². The Morgan fingerprint density at radius 2 is 1.87 bits per heavy atom. The van der Waals surface area contributed by atoms with Crippen molar-refractivity contribution in [3.63, 3.8) is 0 Å². The number of phenolic OH excluding ortho intramolecular Hbond substituents is 1. The quantitative estimate of drug-likeness (QED) is 0.599. The number of benzene rings is 3. The number of aromatic hydroxyl groups is 1. The molecular formula is C25H26N2O4. The third-order valence-corrected chi connectivity index (χ3v) is 5.70. The Labute approximate surface area is 181 Å². The van der Waals surface area contributed by atoms with Crippen molar-refractivity contribution in [3.05, 3.63) is 71.8 Å². The van der Waals surface area contributed by atoms with Crippen LogP contribution < -0.4 is 10.1 Å². The number of carbonyl (C=O) groups excluding carboxylic acids is 2. The maximum atomic E-state index is 13.1. The minimum atomic E-state index is -0.545. The van der Waals surface area contributed by atoms with Crippen molar-refractivity contribution in [3.8, 4) is 11.5 Å². The van der Waals surface area contributed by atoms with Crippen LogP contribution in [-0.2, 0) is 4.79 Å². The van der Waals surface area contributed by atoms with Crippen molar-refractivity contribution in [1.82, 2.24) is 10.2 Å². The fourth-order valence-electron chi connectivity index (χ4n) is 4.04. The second-order valence-electron chi connectivity index (χ2n) is 7.74. The van der Waals surface area contributed by atoms with Gasteiger partial charge in [-0.2, -0.15) is 0 Å². The zero-order valence-corrected chi connectivity index (χ0v) is 17.5. The van der Waals surface area contributed by atoms with Crippen molar-refractivity contribution in [2.24, 2.45) is 0 Å². The van der Waals surface area contributed by atoms with Gasteiger partial charge in [-0.05, 0) is 42.8 Å². The molecule has 1 atom stereocenters. The number of fused-ring (bicyclic) bond motifs is 1. The molecule has 6 nitrogen and oxygen atoms in total. The highest BCUT2D eigenvalue weighted by Gasteiger charge is 2.35. The smallest absolute Gasteiger partial charge is 0.258 e. The summed E-state index contributed by atoms with van der Waals surface area (Å²) < 4.78 is 5.72. The Balaban J connectivity index is 1.39. The van der Waals surface area contributed by atoms with E-state index in [-0.39, 0.29) is 23.1 Å². The normalized spacial score (nSPS) is 15.8. The Hall–Kier alpha value is -3.54. The lowest BCUT2D eigenvalue weighted by molar-refractivity contribution is -0.124. The Morgan fingerprint density at radius 3 is 2.71 bits per heavy atom. The van der Waals surface area contributed by atoms with Gasteiger partial charge in [-0.3, -0.25) is 9.59 Å². The fourth-order valence-corrected chi connectivity index (χ4v) is 4.04. The molecule has 4 rings (SSSR count). The maximum Gasteiger partial charge on any atom is 0.258 e. The van der Waals surface area contributed by atoms with Crippen molar-refractivity contribution in [2.45, 2.75) is 25.8 Å². The number of carbonyl (C=O) groups is 2. The number of nitrogens with zero attached hydrogens (tertiary/aromatic N) is 1. The van der Waals surface area contributed by atoms with E-state index in [1.807, 2.05) is 55.5 Å². The average Bonchev–Trinajstić information content (AvgIpc) is 3.28. The molecular weight excluding hydrogens is 392 g/mol. The van der Waals surface area contributed by atoms with E-state index in [9.17, 15) is 14.7 Å². The number of rotatable bonds is 6. The lowest BCUT2D eigenvalue weighted by Gasteiger charge is -2.24. The van der Waals surface area contributed by atoms with Gasteiger partial charge < -0.3 is 20.1 Å². The highest BCUT2D eigenvalue weighted by Crippen LogP contribution is 2.31. The van der Waals surface area contributed by atoms with E-state index < -0.39 is 6.04 Å². The van der Waals surface area contributed by atoms with Crippen LogP contribution in [0.2, 0.25) is 0 Å². The summed E-state index contributed by atoms with van der Waals surface area (Å²) in [6, 6.07) is 18.0. The molecule has 0 saturated carbocycles. The van der Waals surface area contributed by atoms with Crippen LogP contribution in [0.1, 0.15) is 28.8 Å². The largest absolute Gasteiger partial charge is 0.506 e. The molecule has 2 amide bonds. The van der Waals surface area contributed by atoms with E-state index in [0.717, 1.165) is 23.1 Å². The van der Waals surface area contributed by atoms with Gasteiger partial charge in [0.05, 0.1) is 12.1 Å². The molecule has 1 saturated heterocycles. The second-order valence-corrected chi connectivity index (χ2v) is 7.74. The molecule has 0 bridgehead atoms. The van der Waals surface area contributed by atoms with E-state index in [2.05, 4.69) is 5.32 Å². The van der Waals surface area contributed by atoms with Crippen molar-refractivity contribution in [2.75, 3.05) is 19.7 Å². The predicted octanol–water partition coefficient (Wildman–Crippen LogP) is 3.65. The first-order valence-corrected chi connectivity index (χ1v) is 10.5. The number of phenols is 1. The van der Waals surface area contributed by atoms with Gasteiger partial charge in [0.1, 0.15) is 24.1 Å². The van der Waals surface area contributed by atoms with Gasteiger partial charge in [-0.15, -0.1) is 0 Å². The van der Waals surface area contributed by atoms with Crippen molar-refractivity contribution >= 4 is 22.6 Å². The summed E-state index contributed by atoms with van der Waals surface area (Å²) in [4.78, 5) is 27.4. The van der Waals surface area contributed by atoms with E-state index in [4.69, 9.17) is 4.74 Å². The molecule has 1 unspecified atom stereocenters. The summed E-state index contributed by atoms with van der Waals surface area (Å²) in [7, 11) is 0. The topological polar surface area (TPSA) is 78.9 Å². The molecule has 160 valence electrons. The molecule has 2 N–H and O–H groups in total. The molecule has 0 radical (unpaired) electrons. The first kappa shape index (κ1) is 20.7. The summed E-state index contributed by atoms with van der Waals surface area (Å²) in [5, 5.41) is 15.0. The number of ether oxygens (including phenoxy) is 1. The molecule has 3 aromatic rings. The molecule has 1 fully saturated rings. The Kier molecular flexibility index (Phi) is 6.07. The number of amides is 2. The predicted molar refractivity (Wildman–Crippen MR) is 119 cm³/mol. The fraction of sp³-hybridized carbons (Fsp3) is 0.280. The third-order valence-electron chi connectivity index (χ3n) is 5.70. The van der Waals surface area contributed by atoms with Gasteiger partial charge in [-0.25, -0.2) is 0 Å². The van der Waals surface area contributed by atoms with Crippen molar-refractivity contribution in [1.29, 1.82) is 0 Å². The Morgan fingerprint density at radius 1 is 1.10 bits per heavy atom. The van der Waals surface area contributed by atoms with Gasteiger partial charge >= 0.3 is 0 Å². The summed E-state index contributed by atoms with van der Waals surface area (Å²) in [5.74, 6) is 0.235. The highest BCUT2D eigenvalue weighted by molar-refractivity contribution is 6.05. The number of hydrogen-bond donors (Lipinski definition) is 2. The molecule has 1 aliphatic rings. The van der Waals surface area contributed by atoms with E-state index >= 15 is 0 Å². The lowest BCUT2D eigenvalue weighted by atomic mass is 10.0. The first-order valence-electron chi connectivity index (χ1n) is 10.5. The zero-order chi connectivity index (χ0) is 21.8. The summed E-state index contributed by atoms with van der Waals surface area (Å²) in [5.41, 5.74) is 1.26. The van der Waals surface area contributed by atoms with Gasteiger partial charge in [0.15, 0.2) is 0 Å².